The number of imidazole rings is 1. The van der Waals surface area contributed by atoms with Crippen LogP contribution in [0.4, 0.5) is 17.1 Å². The average Bonchev–Trinajstić information content (AvgIpc) is 3.86. The van der Waals surface area contributed by atoms with Gasteiger partial charge in [-0.25, -0.2) is 4.98 Å². The van der Waals surface area contributed by atoms with Crippen LogP contribution in [0.2, 0.25) is 0 Å². The second-order valence-corrected chi connectivity index (χ2v) is 16.7. The molecule has 0 saturated carbocycles. The van der Waals surface area contributed by atoms with E-state index in [-0.39, 0.29) is 5.41 Å². The van der Waals surface area contributed by atoms with Crippen molar-refractivity contribution in [3.8, 4) is 33.6 Å². The molecule has 8 aromatic carbocycles. The van der Waals surface area contributed by atoms with Crippen LogP contribution in [0.3, 0.4) is 0 Å². The first-order valence-corrected chi connectivity index (χ1v) is 20.1. The summed E-state index contributed by atoms with van der Waals surface area (Å²) in [5.41, 5.74) is 15.6. The molecule has 56 heavy (non-hydrogen) atoms. The minimum atomic E-state index is -0.0720. The van der Waals surface area contributed by atoms with Crippen LogP contribution in [-0.2, 0) is 5.41 Å². The van der Waals surface area contributed by atoms with E-state index in [2.05, 4.69) is 199 Å². The zero-order chi connectivity index (χ0) is 37.1. The SMILES string of the molecule is CC1(C)c2ccccc2-c2ccc(N(c3ccccc3)c3ccc(-c4ccc(-c5nc6ccc7sc8cccc9c%10ccccc%10n5c6c7c89)cc4)cc3)cc21. The Morgan fingerprint density at radius 3 is 1.98 bits per heavy atom. The molecule has 0 radical (unpaired) electrons. The summed E-state index contributed by atoms with van der Waals surface area (Å²) in [6, 6.07) is 64.4. The number of fused-ring (bicyclic) bond motifs is 6. The van der Waals surface area contributed by atoms with Gasteiger partial charge >= 0.3 is 0 Å². The zero-order valence-corrected chi connectivity index (χ0v) is 31.8. The number of aromatic nitrogens is 2. The molecule has 1 aliphatic rings. The molecule has 0 fully saturated rings. The van der Waals surface area contributed by atoms with Gasteiger partial charge in [0.1, 0.15) is 5.82 Å². The highest BCUT2D eigenvalue weighted by molar-refractivity contribution is 7.26. The lowest BCUT2D eigenvalue weighted by molar-refractivity contribution is 0.660. The lowest BCUT2D eigenvalue weighted by Crippen LogP contribution is -2.16. The van der Waals surface area contributed by atoms with Crippen molar-refractivity contribution in [1.29, 1.82) is 0 Å². The molecule has 0 bridgehead atoms. The number of para-hydroxylation sites is 2. The molecule has 0 saturated heterocycles. The minimum absolute atomic E-state index is 0.0720. The summed E-state index contributed by atoms with van der Waals surface area (Å²) in [7, 11) is 0. The minimum Gasteiger partial charge on any atom is -0.310 e. The molecule has 11 aromatic rings. The summed E-state index contributed by atoms with van der Waals surface area (Å²) < 4.78 is 5.02. The maximum absolute atomic E-state index is 5.31. The maximum atomic E-state index is 5.31. The van der Waals surface area contributed by atoms with Gasteiger partial charge in [-0.3, -0.25) is 4.40 Å². The van der Waals surface area contributed by atoms with E-state index in [1.807, 2.05) is 11.3 Å². The Morgan fingerprint density at radius 2 is 1.14 bits per heavy atom. The number of anilines is 3. The van der Waals surface area contributed by atoms with Crippen molar-refractivity contribution >= 4 is 75.9 Å². The average molecular weight is 734 g/mol. The van der Waals surface area contributed by atoms with Gasteiger partial charge in [-0.2, -0.15) is 0 Å². The molecule has 264 valence electrons. The van der Waals surface area contributed by atoms with Crippen LogP contribution >= 0.6 is 11.3 Å². The smallest absolute Gasteiger partial charge is 0.145 e. The molecule has 0 unspecified atom stereocenters. The quantitative estimate of drug-likeness (QED) is 0.176. The van der Waals surface area contributed by atoms with Crippen LogP contribution in [0.1, 0.15) is 25.0 Å². The molecular formula is C52H35N3S. The van der Waals surface area contributed by atoms with Crippen molar-refractivity contribution in [2.24, 2.45) is 0 Å². The molecular weight excluding hydrogens is 699 g/mol. The van der Waals surface area contributed by atoms with Gasteiger partial charge in [0.25, 0.3) is 0 Å². The Morgan fingerprint density at radius 1 is 0.500 bits per heavy atom. The van der Waals surface area contributed by atoms with Crippen molar-refractivity contribution in [3.05, 3.63) is 187 Å². The molecule has 1 aliphatic carbocycles. The number of hydrogen-bond acceptors (Lipinski definition) is 3. The summed E-state index contributed by atoms with van der Waals surface area (Å²) in [4.78, 5) is 7.69. The molecule has 0 aliphatic heterocycles. The van der Waals surface area contributed by atoms with Crippen molar-refractivity contribution in [3.63, 3.8) is 0 Å². The number of rotatable bonds is 5. The van der Waals surface area contributed by atoms with E-state index in [0.717, 1.165) is 34.0 Å². The van der Waals surface area contributed by atoms with Crippen LogP contribution in [0.25, 0.3) is 81.1 Å². The van der Waals surface area contributed by atoms with Gasteiger partial charge in [0, 0.05) is 53.6 Å². The van der Waals surface area contributed by atoms with E-state index in [1.54, 1.807) is 0 Å². The fourth-order valence-corrected chi connectivity index (χ4v) is 10.6. The summed E-state index contributed by atoms with van der Waals surface area (Å²) in [6.45, 7) is 4.69. The van der Waals surface area contributed by atoms with Gasteiger partial charge < -0.3 is 4.90 Å². The fraction of sp³-hybridized carbons (Fsp3) is 0.0577. The topological polar surface area (TPSA) is 20.5 Å². The summed E-state index contributed by atoms with van der Waals surface area (Å²) >= 11 is 1.87. The second-order valence-electron chi connectivity index (χ2n) is 15.6. The van der Waals surface area contributed by atoms with Gasteiger partial charge in [-0.15, -0.1) is 11.3 Å². The van der Waals surface area contributed by atoms with Crippen molar-refractivity contribution in [2.75, 3.05) is 4.90 Å². The van der Waals surface area contributed by atoms with Crippen LogP contribution in [0.5, 0.6) is 0 Å². The van der Waals surface area contributed by atoms with E-state index < -0.39 is 0 Å². The summed E-state index contributed by atoms with van der Waals surface area (Å²) in [6.07, 6.45) is 0. The fourth-order valence-electron chi connectivity index (χ4n) is 9.49. The third-order valence-electron chi connectivity index (χ3n) is 12.2. The maximum Gasteiger partial charge on any atom is 0.145 e. The number of nitrogens with zero attached hydrogens (tertiary/aromatic N) is 3. The number of benzene rings is 8. The van der Waals surface area contributed by atoms with E-state index in [0.29, 0.717) is 0 Å². The predicted octanol–water partition coefficient (Wildman–Crippen LogP) is 14.6. The molecule has 0 amide bonds. The first kappa shape index (κ1) is 31.6. The Balaban J connectivity index is 0.941. The second kappa shape index (κ2) is 11.6. The number of thiophene rings is 1. The Labute approximate surface area is 328 Å². The van der Waals surface area contributed by atoms with E-state index in [9.17, 15) is 0 Å². The number of hydrogen-bond donors (Lipinski definition) is 0. The van der Waals surface area contributed by atoms with Crippen molar-refractivity contribution < 1.29 is 0 Å². The third-order valence-corrected chi connectivity index (χ3v) is 13.3. The molecule has 0 atom stereocenters. The van der Waals surface area contributed by atoms with Gasteiger partial charge in [-0.05, 0) is 99.4 Å². The lowest BCUT2D eigenvalue weighted by Gasteiger charge is -2.28. The monoisotopic (exact) mass is 733 g/mol. The van der Waals surface area contributed by atoms with Gasteiger partial charge in [0.2, 0.25) is 0 Å². The molecule has 3 heterocycles. The standard InChI is InChI=1S/C52H35N3S/c1-52(2)42-16-8-6-13-38(42)39-28-27-37(31-43(39)52)54(35-11-4-3-5-12-35)36-25-23-33(24-26-36)32-19-21-34(22-20-32)51-53-44-29-30-47-49-48-41(15-10-18-46(48)56-47)40-14-7-9-17-45(40)55(51)50(44)49/h3-31H,1-2H3. The van der Waals surface area contributed by atoms with E-state index >= 15 is 0 Å². The first-order chi connectivity index (χ1) is 27.5. The van der Waals surface area contributed by atoms with Crippen molar-refractivity contribution in [1.82, 2.24) is 9.38 Å². The Hall–Kier alpha value is -6.75. The predicted molar refractivity (Wildman–Crippen MR) is 237 cm³/mol. The molecule has 0 N–H and O–H groups in total. The summed E-state index contributed by atoms with van der Waals surface area (Å²) in [5, 5.41) is 5.18. The van der Waals surface area contributed by atoms with Crippen LogP contribution < -0.4 is 4.90 Å². The Kier molecular flexibility index (Phi) is 6.56. The highest BCUT2D eigenvalue weighted by atomic mass is 32.1. The highest BCUT2D eigenvalue weighted by Crippen LogP contribution is 2.51. The molecule has 0 spiro atoms. The first-order valence-electron chi connectivity index (χ1n) is 19.3. The zero-order valence-electron chi connectivity index (χ0n) is 31.0. The normalized spacial score (nSPS) is 13.3. The summed E-state index contributed by atoms with van der Waals surface area (Å²) in [5.74, 6) is 0.966. The van der Waals surface area contributed by atoms with E-state index in [4.69, 9.17) is 4.98 Å². The molecule has 4 heteroatoms. The van der Waals surface area contributed by atoms with Gasteiger partial charge in [0.15, 0.2) is 0 Å². The van der Waals surface area contributed by atoms with Crippen LogP contribution in [-0.4, -0.2) is 9.38 Å². The van der Waals surface area contributed by atoms with E-state index in [1.165, 1.54) is 75.4 Å². The molecule has 3 nitrogen and oxygen atoms in total. The van der Waals surface area contributed by atoms with Crippen LogP contribution in [0, 0.1) is 0 Å². The largest absolute Gasteiger partial charge is 0.310 e. The van der Waals surface area contributed by atoms with Gasteiger partial charge in [0.05, 0.1) is 16.6 Å². The highest BCUT2D eigenvalue weighted by Gasteiger charge is 2.35. The van der Waals surface area contributed by atoms with Crippen LogP contribution in [0.15, 0.2) is 176 Å². The lowest BCUT2D eigenvalue weighted by atomic mass is 9.82. The Bertz CT molecular complexity index is 3320. The molecule has 12 rings (SSSR count). The van der Waals surface area contributed by atoms with Crippen molar-refractivity contribution in [2.45, 2.75) is 19.3 Å². The van der Waals surface area contributed by atoms with Gasteiger partial charge in [-0.1, -0.05) is 129 Å². The molecule has 3 aromatic heterocycles. The third kappa shape index (κ3) is 4.42.